The van der Waals surface area contributed by atoms with E-state index in [1.165, 1.54) is 43.5 Å². The Kier molecular flexibility index (Phi) is 8.30. The average molecular weight is 417 g/mol. The summed E-state index contributed by atoms with van der Waals surface area (Å²) in [5.74, 6) is -2.39. The van der Waals surface area contributed by atoms with Gasteiger partial charge in [0.25, 0.3) is 11.8 Å². The summed E-state index contributed by atoms with van der Waals surface area (Å²) >= 11 is 0. The van der Waals surface area contributed by atoms with Gasteiger partial charge < -0.3 is 25.4 Å². The molecule has 0 aromatic heterocycles. The first-order chi connectivity index (χ1) is 14.4. The third-order valence-electron chi connectivity index (χ3n) is 3.68. The second kappa shape index (κ2) is 11.1. The van der Waals surface area contributed by atoms with Crippen LogP contribution in [0, 0.1) is 5.82 Å². The molecule has 0 bridgehead atoms. The molecular weight excluding hydrogens is 397 g/mol. The summed E-state index contributed by atoms with van der Waals surface area (Å²) in [6, 6.07) is 11.4. The molecule has 0 saturated carbocycles. The molecule has 0 atom stereocenters. The van der Waals surface area contributed by atoms with Crippen LogP contribution in [0.2, 0.25) is 0 Å². The highest BCUT2D eigenvalue weighted by atomic mass is 19.1. The molecule has 158 valence electrons. The van der Waals surface area contributed by atoms with Gasteiger partial charge in [-0.2, -0.15) is 0 Å². The molecule has 9 nitrogen and oxygen atoms in total. The number of ether oxygens (including phenoxy) is 2. The molecule has 3 N–H and O–H groups in total. The van der Waals surface area contributed by atoms with E-state index in [1.807, 2.05) is 0 Å². The normalized spacial score (nSPS) is 9.93. The Hall–Kier alpha value is -3.95. The van der Waals surface area contributed by atoms with Gasteiger partial charge in [0.15, 0.2) is 6.61 Å². The van der Waals surface area contributed by atoms with Gasteiger partial charge in [-0.25, -0.2) is 4.39 Å². The van der Waals surface area contributed by atoms with Crippen LogP contribution in [0.5, 0.6) is 5.75 Å². The fourth-order valence-electron chi connectivity index (χ4n) is 2.16. The van der Waals surface area contributed by atoms with E-state index in [0.717, 1.165) is 0 Å². The maximum Gasteiger partial charge on any atom is 0.325 e. The number of hydrogen-bond donors (Lipinski definition) is 3. The highest BCUT2D eigenvalue weighted by Gasteiger charge is 2.12. The van der Waals surface area contributed by atoms with E-state index in [0.29, 0.717) is 17.0 Å². The van der Waals surface area contributed by atoms with Crippen molar-refractivity contribution < 1.29 is 33.0 Å². The van der Waals surface area contributed by atoms with E-state index in [2.05, 4.69) is 16.0 Å². The third kappa shape index (κ3) is 7.58. The quantitative estimate of drug-likeness (QED) is 0.520. The topological polar surface area (TPSA) is 123 Å². The van der Waals surface area contributed by atoms with Gasteiger partial charge in [0.2, 0.25) is 5.91 Å². The summed E-state index contributed by atoms with van der Waals surface area (Å²) in [7, 11) is 1.50. The summed E-state index contributed by atoms with van der Waals surface area (Å²) in [6.45, 7) is -1.40. The zero-order valence-electron chi connectivity index (χ0n) is 16.1. The number of amides is 3. The van der Waals surface area contributed by atoms with Gasteiger partial charge >= 0.3 is 5.97 Å². The van der Waals surface area contributed by atoms with E-state index in [1.54, 1.807) is 12.1 Å². The Morgan fingerprint density at radius 3 is 2.17 bits per heavy atom. The number of carbonyl (C=O) groups excluding carboxylic acids is 4. The molecule has 30 heavy (non-hydrogen) atoms. The van der Waals surface area contributed by atoms with Crippen LogP contribution < -0.4 is 20.7 Å². The van der Waals surface area contributed by atoms with Crippen molar-refractivity contribution in [1.82, 2.24) is 10.6 Å². The first-order valence-electron chi connectivity index (χ1n) is 8.77. The van der Waals surface area contributed by atoms with Crippen molar-refractivity contribution in [2.75, 3.05) is 32.1 Å². The number of hydrogen-bond acceptors (Lipinski definition) is 6. The SMILES string of the molecule is COc1ccc(C(=O)NCC(=O)OCC(=O)NCC(=O)Nc2ccc(F)cc2)cc1. The van der Waals surface area contributed by atoms with Crippen molar-refractivity contribution in [1.29, 1.82) is 0 Å². The molecule has 0 unspecified atom stereocenters. The minimum absolute atomic E-state index is 0.327. The highest BCUT2D eigenvalue weighted by Crippen LogP contribution is 2.11. The minimum Gasteiger partial charge on any atom is -0.497 e. The first kappa shape index (κ1) is 22.3. The predicted octanol–water partition coefficient (Wildman–Crippen LogP) is 0.862. The summed E-state index contributed by atoms with van der Waals surface area (Å²) in [4.78, 5) is 46.9. The predicted molar refractivity (Wildman–Crippen MR) is 104 cm³/mol. The third-order valence-corrected chi connectivity index (χ3v) is 3.68. The van der Waals surface area contributed by atoms with Gasteiger partial charge in [-0.3, -0.25) is 19.2 Å². The number of halogens is 1. The largest absolute Gasteiger partial charge is 0.497 e. The monoisotopic (exact) mass is 417 g/mol. The summed E-state index contributed by atoms with van der Waals surface area (Å²) in [5.41, 5.74) is 0.697. The van der Waals surface area contributed by atoms with Crippen LogP contribution >= 0.6 is 0 Å². The molecule has 0 aliphatic heterocycles. The van der Waals surface area contributed by atoms with Gasteiger partial charge in [0, 0.05) is 11.3 Å². The van der Waals surface area contributed by atoms with E-state index in [9.17, 15) is 23.6 Å². The molecular formula is C20H20FN3O6. The number of nitrogens with one attached hydrogen (secondary N) is 3. The van der Waals surface area contributed by atoms with E-state index < -0.39 is 42.7 Å². The Bertz CT molecular complexity index is 900. The van der Waals surface area contributed by atoms with Crippen molar-refractivity contribution in [3.05, 3.63) is 59.9 Å². The van der Waals surface area contributed by atoms with Gasteiger partial charge in [-0.05, 0) is 48.5 Å². The molecule has 10 heteroatoms. The highest BCUT2D eigenvalue weighted by molar-refractivity contribution is 5.96. The fourth-order valence-corrected chi connectivity index (χ4v) is 2.16. The second-order valence-electron chi connectivity index (χ2n) is 5.90. The molecule has 0 spiro atoms. The second-order valence-corrected chi connectivity index (χ2v) is 5.90. The number of methoxy groups -OCH3 is 1. The Labute approximate surface area is 171 Å². The number of benzene rings is 2. The molecule has 0 aliphatic carbocycles. The van der Waals surface area contributed by atoms with Gasteiger partial charge in [-0.1, -0.05) is 0 Å². The fraction of sp³-hybridized carbons (Fsp3) is 0.200. The van der Waals surface area contributed by atoms with Gasteiger partial charge in [-0.15, -0.1) is 0 Å². The van der Waals surface area contributed by atoms with Crippen LogP contribution in [0.3, 0.4) is 0 Å². The molecule has 2 rings (SSSR count). The molecule has 2 aromatic carbocycles. The maximum absolute atomic E-state index is 12.8. The van der Waals surface area contributed by atoms with Crippen molar-refractivity contribution in [3.8, 4) is 5.75 Å². The maximum atomic E-state index is 12.8. The van der Waals surface area contributed by atoms with Crippen molar-refractivity contribution in [2.24, 2.45) is 0 Å². The van der Waals surface area contributed by atoms with E-state index in [-0.39, 0.29) is 6.54 Å². The first-order valence-corrected chi connectivity index (χ1v) is 8.77. The zero-order chi connectivity index (χ0) is 21.9. The van der Waals surface area contributed by atoms with Crippen LogP contribution in [0.1, 0.15) is 10.4 Å². The summed E-state index contributed by atoms with van der Waals surface area (Å²) < 4.78 is 22.5. The lowest BCUT2D eigenvalue weighted by molar-refractivity contribution is -0.147. The van der Waals surface area contributed by atoms with Crippen molar-refractivity contribution >= 4 is 29.4 Å². The van der Waals surface area contributed by atoms with Crippen molar-refractivity contribution in [3.63, 3.8) is 0 Å². The molecule has 0 saturated heterocycles. The summed E-state index contributed by atoms with van der Waals surface area (Å²) in [6.07, 6.45) is 0. The summed E-state index contributed by atoms with van der Waals surface area (Å²) in [5, 5.41) is 7.10. The van der Waals surface area contributed by atoms with Crippen LogP contribution in [-0.2, 0) is 19.1 Å². The molecule has 2 aromatic rings. The lowest BCUT2D eigenvalue weighted by Gasteiger charge is -2.08. The molecule has 0 radical (unpaired) electrons. The van der Waals surface area contributed by atoms with Crippen LogP contribution in [0.25, 0.3) is 0 Å². The number of anilines is 1. The number of rotatable bonds is 9. The Morgan fingerprint density at radius 1 is 0.867 bits per heavy atom. The smallest absolute Gasteiger partial charge is 0.325 e. The van der Waals surface area contributed by atoms with Gasteiger partial charge in [0.05, 0.1) is 13.7 Å². The van der Waals surface area contributed by atoms with Gasteiger partial charge in [0.1, 0.15) is 18.1 Å². The van der Waals surface area contributed by atoms with Crippen LogP contribution in [0.4, 0.5) is 10.1 Å². The molecule has 3 amide bonds. The lowest BCUT2D eigenvalue weighted by atomic mass is 10.2. The molecule has 0 fully saturated rings. The minimum atomic E-state index is -0.817. The zero-order valence-corrected chi connectivity index (χ0v) is 16.1. The van der Waals surface area contributed by atoms with E-state index >= 15 is 0 Å². The van der Waals surface area contributed by atoms with Crippen LogP contribution in [0.15, 0.2) is 48.5 Å². The standard InChI is InChI=1S/C20H20FN3O6/c1-29-16-8-2-13(3-9-16)20(28)23-11-19(27)30-12-18(26)22-10-17(25)24-15-6-4-14(21)5-7-15/h2-9H,10-12H2,1H3,(H,22,26)(H,23,28)(H,24,25). The van der Waals surface area contributed by atoms with Crippen LogP contribution in [-0.4, -0.2) is 50.5 Å². The number of carbonyl (C=O) groups is 4. The van der Waals surface area contributed by atoms with Crippen molar-refractivity contribution in [2.45, 2.75) is 0 Å². The Morgan fingerprint density at radius 2 is 1.53 bits per heavy atom. The Balaban J connectivity index is 1.63. The molecule has 0 heterocycles. The van der Waals surface area contributed by atoms with E-state index in [4.69, 9.17) is 9.47 Å². The lowest BCUT2D eigenvalue weighted by Crippen LogP contribution is -2.37. The molecule has 0 aliphatic rings. The average Bonchev–Trinajstić information content (AvgIpc) is 2.76. The number of esters is 1.